The van der Waals surface area contributed by atoms with E-state index in [0.29, 0.717) is 10.0 Å². The number of hydrogen-bond donors (Lipinski definition) is 0. The third-order valence-electron chi connectivity index (χ3n) is 9.58. The number of fused-ring (bicyclic) bond motifs is 7. The lowest BCUT2D eigenvalue weighted by molar-refractivity contribution is 0.106. The lowest BCUT2D eigenvalue weighted by Crippen LogP contribution is -2.19. The van der Waals surface area contributed by atoms with Crippen molar-refractivity contribution in [3.8, 4) is 34.0 Å². The smallest absolute Gasteiger partial charge is 0.212 e. The van der Waals surface area contributed by atoms with E-state index in [-0.39, 0.29) is 44.8 Å². The van der Waals surface area contributed by atoms with E-state index in [1.165, 1.54) is 22.7 Å². The van der Waals surface area contributed by atoms with Crippen molar-refractivity contribution in [2.24, 2.45) is 9.98 Å². The number of halogens is 4. The quantitative estimate of drug-likeness (QED) is 0.149. The Morgan fingerprint density at radius 1 is 0.588 bits per heavy atom. The SMILES string of the molecule is N#CC(C#N)=C1C(=Nc2cc3c(s2)-c2sc(N=C4C(=O)c5cc(F)c(F)cc5C4=C(C#N)C#N)cc2C32CCCC2)C(=O)c2cc(F)c(F)cc21. The number of aliphatic imine (C=N–C) groups is 2. The van der Waals surface area contributed by atoms with Crippen molar-refractivity contribution < 1.29 is 27.2 Å². The maximum absolute atomic E-state index is 14.3. The number of nitrogens with zero attached hydrogens (tertiary/aromatic N) is 6. The lowest BCUT2D eigenvalue weighted by atomic mass is 9.78. The Bertz CT molecular complexity index is 2470. The molecule has 8 nitrogen and oxygen atoms in total. The number of allylic oxidation sites excluding steroid dienone is 4. The third-order valence-corrected chi connectivity index (χ3v) is 11.8. The molecule has 1 saturated carbocycles. The Hall–Kier alpha value is -6.32. The summed E-state index contributed by atoms with van der Waals surface area (Å²) in [5.74, 6) is -6.55. The summed E-state index contributed by atoms with van der Waals surface area (Å²) >= 11 is 2.46. The fourth-order valence-electron chi connectivity index (χ4n) is 7.41. The topological polar surface area (TPSA) is 154 Å². The fourth-order valence-corrected chi connectivity index (χ4v) is 9.84. The molecule has 8 rings (SSSR count). The molecule has 4 aliphatic rings. The highest BCUT2D eigenvalue weighted by atomic mass is 32.1. The van der Waals surface area contributed by atoms with Gasteiger partial charge < -0.3 is 0 Å². The summed E-state index contributed by atoms with van der Waals surface area (Å²) < 4.78 is 56.9. The van der Waals surface area contributed by atoms with Crippen LogP contribution in [0, 0.1) is 68.6 Å². The number of ketones is 2. The first-order valence-electron chi connectivity index (χ1n) is 15.2. The van der Waals surface area contributed by atoms with Gasteiger partial charge in [-0.25, -0.2) is 27.5 Å². The Balaban J connectivity index is 1.27. The molecule has 2 aromatic heterocycles. The number of benzene rings is 2. The van der Waals surface area contributed by atoms with Crippen LogP contribution in [0.2, 0.25) is 0 Å². The number of Topliss-reactive ketones (excluding diaryl/α,β-unsaturated/α-hetero) is 2. The summed E-state index contributed by atoms with van der Waals surface area (Å²) in [6.07, 6.45) is 3.31. The van der Waals surface area contributed by atoms with Crippen LogP contribution in [-0.2, 0) is 5.41 Å². The van der Waals surface area contributed by atoms with Crippen LogP contribution < -0.4 is 0 Å². The third kappa shape index (κ3) is 4.44. The summed E-state index contributed by atoms with van der Waals surface area (Å²) in [5.41, 5.74) is -1.11. The van der Waals surface area contributed by atoms with Gasteiger partial charge in [-0.15, -0.1) is 22.7 Å². The van der Waals surface area contributed by atoms with Crippen LogP contribution >= 0.6 is 22.7 Å². The van der Waals surface area contributed by atoms with Crippen molar-refractivity contribution in [2.75, 3.05) is 0 Å². The molecule has 2 aromatic carbocycles. The number of carbonyl (C=O) groups excluding carboxylic acids is 2. The molecular weight excluding hydrogens is 701 g/mol. The van der Waals surface area contributed by atoms with E-state index in [4.69, 9.17) is 0 Å². The molecule has 1 spiro atoms. The van der Waals surface area contributed by atoms with Crippen molar-refractivity contribution in [3.05, 3.63) is 104 Å². The lowest BCUT2D eigenvalue weighted by Gasteiger charge is -2.24. The number of nitriles is 4. The molecule has 4 aliphatic carbocycles. The first-order chi connectivity index (χ1) is 24.5. The molecule has 0 unspecified atom stereocenters. The minimum atomic E-state index is -1.26. The first-order valence-corrected chi connectivity index (χ1v) is 16.8. The highest BCUT2D eigenvalue weighted by molar-refractivity contribution is 7.26. The van der Waals surface area contributed by atoms with E-state index in [1.54, 1.807) is 24.3 Å². The molecule has 0 radical (unpaired) electrons. The van der Waals surface area contributed by atoms with Crippen LogP contribution in [0.3, 0.4) is 0 Å². The maximum atomic E-state index is 14.3. The van der Waals surface area contributed by atoms with Crippen LogP contribution in [0.5, 0.6) is 0 Å². The van der Waals surface area contributed by atoms with Crippen LogP contribution in [0.1, 0.15) is 68.7 Å². The largest absolute Gasteiger partial charge is 0.287 e. The standard InChI is InChI=1S/C37H14F4N6O2S2/c38-23-5-17-19(7-25(23)40)33(48)31(29(17)15(11-42)12-43)46-27-9-21-35(50-27)36-22(37(21)3-1-2-4-37)10-28(51-36)47-32-30(16(13-44)14-45)18-6-24(39)26(41)8-20(18)34(32)49/h5-10H,1-4H2. The molecule has 0 N–H and O–H groups in total. The van der Waals surface area contributed by atoms with Crippen LogP contribution in [0.25, 0.3) is 20.9 Å². The van der Waals surface area contributed by atoms with E-state index in [1.807, 2.05) is 12.1 Å². The highest BCUT2D eigenvalue weighted by Gasteiger charge is 2.48. The Morgan fingerprint density at radius 2 is 0.941 bits per heavy atom. The minimum absolute atomic E-state index is 0.102. The predicted molar refractivity (Wildman–Crippen MR) is 179 cm³/mol. The van der Waals surface area contributed by atoms with Gasteiger partial charge in [-0.1, -0.05) is 12.8 Å². The monoisotopic (exact) mass is 714 g/mol. The molecule has 4 aromatic rings. The van der Waals surface area contributed by atoms with E-state index in [9.17, 15) is 48.2 Å². The Kier molecular flexibility index (Phi) is 7.11. The van der Waals surface area contributed by atoms with Gasteiger partial charge in [-0.3, -0.25) is 9.59 Å². The second kappa shape index (κ2) is 11.4. The molecule has 0 bridgehead atoms. The van der Waals surface area contributed by atoms with Gasteiger partial charge in [0.05, 0.1) is 9.75 Å². The molecule has 2 heterocycles. The number of carbonyl (C=O) groups is 2. The van der Waals surface area contributed by atoms with Crippen molar-refractivity contribution in [1.82, 2.24) is 0 Å². The zero-order chi connectivity index (χ0) is 35.9. The second-order valence-corrected chi connectivity index (χ2v) is 14.2. The number of hydrogen-bond acceptors (Lipinski definition) is 10. The first kappa shape index (κ1) is 31.9. The fraction of sp³-hybridized carbons (Fsp3) is 0.135. The van der Waals surface area contributed by atoms with Gasteiger partial charge in [0, 0.05) is 38.8 Å². The summed E-state index contributed by atoms with van der Waals surface area (Å²) in [6, 6.07) is 13.5. The van der Waals surface area contributed by atoms with Crippen LogP contribution in [-0.4, -0.2) is 23.0 Å². The molecule has 244 valence electrons. The van der Waals surface area contributed by atoms with Crippen molar-refractivity contribution in [3.63, 3.8) is 0 Å². The summed E-state index contributed by atoms with van der Waals surface area (Å²) in [7, 11) is 0. The van der Waals surface area contributed by atoms with E-state index in [2.05, 4.69) is 9.98 Å². The van der Waals surface area contributed by atoms with Gasteiger partial charge in [0.1, 0.15) is 56.8 Å². The zero-order valence-electron chi connectivity index (χ0n) is 25.6. The van der Waals surface area contributed by atoms with Gasteiger partial charge in [0.25, 0.3) is 0 Å². The van der Waals surface area contributed by atoms with Crippen molar-refractivity contribution >= 4 is 66.8 Å². The minimum Gasteiger partial charge on any atom is -0.287 e. The molecule has 51 heavy (non-hydrogen) atoms. The summed E-state index contributed by atoms with van der Waals surface area (Å²) in [5, 5.41) is 39.4. The number of rotatable bonds is 2. The zero-order valence-corrected chi connectivity index (χ0v) is 27.3. The summed E-state index contributed by atoms with van der Waals surface area (Å²) in [4.78, 5) is 37.7. The van der Waals surface area contributed by atoms with Crippen LogP contribution in [0.15, 0.2) is 57.5 Å². The van der Waals surface area contributed by atoms with Gasteiger partial charge >= 0.3 is 0 Å². The van der Waals surface area contributed by atoms with E-state index < -0.39 is 51.4 Å². The van der Waals surface area contributed by atoms with Gasteiger partial charge in [0.2, 0.25) is 11.6 Å². The molecular formula is C37H14F4N6O2S2. The van der Waals surface area contributed by atoms with Gasteiger partial charge in [-0.05, 0) is 60.4 Å². The molecule has 0 amide bonds. The maximum Gasteiger partial charge on any atom is 0.212 e. The van der Waals surface area contributed by atoms with Crippen molar-refractivity contribution in [1.29, 1.82) is 21.0 Å². The van der Waals surface area contributed by atoms with E-state index in [0.717, 1.165) is 70.8 Å². The summed E-state index contributed by atoms with van der Waals surface area (Å²) in [6.45, 7) is 0. The Morgan fingerprint density at radius 3 is 1.29 bits per heavy atom. The molecule has 0 saturated heterocycles. The average molecular weight is 715 g/mol. The van der Waals surface area contributed by atoms with E-state index >= 15 is 0 Å². The number of thiophene rings is 2. The Labute approximate surface area is 293 Å². The molecule has 0 aliphatic heterocycles. The van der Waals surface area contributed by atoms with Gasteiger partial charge in [0.15, 0.2) is 23.3 Å². The average Bonchev–Trinajstić information content (AvgIpc) is 3.96. The van der Waals surface area contributed by atoms with Crippen molar-refractivity contribution in [2.45, 2.75) is 31.1 Å². The molecule has 14 heteroatoms. The molecule has 0 atom stereocenters. The normalized spacial score (nSPS) is 17.6. The second-order valence-electron chi connectivity index (χ2n) is 12.1. The van der Waals surface area contributed by atoms with Gasteiger partial charge in [-0.2, -0.15) is 21.0 Å². The van der Waals surface area contributed by atoms with Crippen LogP contribution in [0.4, 0.5) is 27.6 Å². The highest BCUT2D eigenvalue weighted by Crippen LogP contribution is 2.63. The predicted octanol–water partition coefficient (Wildman–Crippen LogP) is 8.75. The molecule has 1 fully saturated rings.